The van der Waals surface area contributed by atoms with E-state index in [1.165, 1.54) is 10.8 Å². The lowest BCUT2D eigenvalue weighted by atomic mass is 9.94. The van der Waals surface area contributed by atoms with E-state index in [0.717, 1.165) is 66.5 Å². The third-order valence-corrected chi connectivity index (χ3v) is 9.63. The van der Waals surface area contributed by atoms with Crippen molar-refractivity contribution in [2.45, 2.75) is 0 Å². The Labute approximate surface area is 288 Å². The molecule has 50 heavy (non-hydrogen) atoms. The van der Waals surface area contributed by atoms with Gasteiger partial charge in [-0.2, -0.15) is 10.5 Å². The number of benzene rings is 7. The van der Waals surface area contributed by atoms with E-state index in [9.17, 15) is 10.5 Å². The second kappa shape index (κ2) is 11.4. The Kier molecular flexibility index (Phi) is 6.56. The second-order valence-corrected chi connectivity index (χ2v) is 12.3. The van der Waals surface area contributed by atoms with Gasteiger partial charge in [0.15, 0.2) is 0 Å². The van der Waals surface area contributed by atoms with E-state index in [2.05, 4.69) is 117 Å². The number of aromatic nitrogens is 2. The lowest BCUT2D eigenvalue weighted by Crippen LogP contribution is -1.98. The first-order chi connectivity index (χ1) is 24.7. The number of hydrogen-bond acceptors (Lipinski definition) is 2. The van der Waals surface area contributed by atoms with Crippen LogP contribution in [0.4, 0.5) is 5.69 Å². The van der Waals surface area contributed by atoms with Crippen molar-refractivity contribution >= 4 is 49.3 Å². The topological polar surface area (TPSA) is 61.8 Å². The summed E-state index contributed by atoms with van der Waals surface area (Å²) in [7, 11) is 0. The molecule has 5 heteroatoms. The van der Waals surface area contributed by atoms with E-state index in [1.807, 2.05) is 60.7 Å². The van der Waals surface area contributed by atoms with Gasteiger partial charge in [-0.15, -0.1) is 0 Å². The number of hydrogen-bond donors (Lipinski definition) is 0. The van der Waals surface area contributed by atoms with Gasteiger partial charge in [0.2, 0.25) is 5.69 Å². The molecule has 5 nitrogen and oxygen atoms in total. The van der Waals surface area contributed by atoms with E-state index in [0.29, 0.717) is 16.8 Å². The van der Waals surface area contributed by atoms with Crippen molar-refractivity contribution in [1.29, 1.82) is 10.5 Å². The summed E-state index contributed by atoms with van der Waals surface area (Å²) in [6.45, 7) is 7.99. The van der Waals surface area contributed by atoms with Crippen molar-refractivity contribution in [2.75, 3.05) is 0 Å². The first-order valence-electron chi connectivity index (χ1n) is 16.3. The molecular weight excluding hydrogens is 611 g/mol. The first-order valence-corrected chi connectivity index (χ1v) is 16.3. The summed E-state index contributed by atoms with van der Waals surface area (Å²) < 4.78 is 4.42. The van der Waals surface area contributed by atoms with Crippen molar-refractivity contribution in [3.05, 3.63) is 174 Å². The fourth-order valence-electron chi connectivity index (χ4n) is 7.41. The van der Waals surface area contributed by atoms with Gasteiger partial charge in [-0.3, -0.25) is 0 Å². The molecule has 0 saturated heterocycles. The molecule has 0 unspecified atom stereocenters. The Morgan fingerprint density at radius 3 is 1.88 bits per heavy atom. The summed E-state index contributed by atoms with van der Waals surface area (Å²) in [5.41, 5.74) is 11.4. The van der Waals surface area contributed by atoms with Crippen LogP contribution in [-0.4, -0.2) is 9.13 Å². The zero-order valence-corrected chi connectivity index (χ0v) is 26.7. The third-order valence-electron chi connectivity index (χ3n) is 9.63. The molecule has 2 aromatic heterocycles. The van der Waals surface area contributed by atoms with Gasteiger partial charge in [0.1, 0.15) is 0 Å². The summed E-state index contributed by atoms with van der Waals surface area (Å²) in [4.78, 5) is 3.89. The van der Waals surface area contributed by atoms with Crippen LogP contribution in [0.15, 0.2) is 152 Å². The van der Waals surface area contributed by atoms with Crippen LogP contribution in [0, 0.1) is 29.2 Å². The van der Waals surface area contributed by atoms with E-state index >= 15 is 0 Å². The molecule has 0 aliphatic carbocycles. The van der Waals surface area contributed by atoms with Crippen molar-refractivity contribution < 1.29 is 0 Å². The maximum Gasteiger partial charge on any atom is 0.211 e. The van der Waals surface area contributed by atoms with Crippen LogP contribution in [-0.2, 0) is 0 Å². The largest absolute Gasteiger partial charge is 0.318 e. The van der Waals surface area contributed by atoms with Crippen molar-refractivity contribution in [3.8, 4) is 45.8 Å². The fourth-order valence-corrected chi connectivity index (χ4v) is 7.41. The third kappa shape index (κ3) is 4.31. The molecule has 0 aliphatic rings. The fraction of sp³-hybridized carbons (Fsp3) is 0. The van der Waals surface area contributed by atoms with Gasteiger partial charge in [-0.1, -0.05) is 91.0 Å². The minimum Gasteiger partial charge on any atom is -0.318 e. The summed E-state index contributed by atoms with van der Waals surface area (Å²) in [5.74, 6) is 0. The number of rotatable bonds is 4. The molecule has 7 aromatic carbocycles. The van der Waals surface area contributed by atoms with Crippen LogP contribution in [0.5, 0.6) is 0 Å². The van der Waals surface area contributed by atoms with Crippen molar-refractivity contribution in [1.82, 2.24) is 9.13 Å². The molecule has 230 valence electrons. The van der Waals surface area contributed by atoms with E-state index in [-0.39, 0.29) is 0 Å². The lowest BCUT2D eigenvalue weighted by Gasteiger charge is -2.16. The van der Waals surface area contributed by atoms with Crippen LogP contribution < -0.4 is 0 Å². The Morgan fingerprint density at radius 2 is 1.16 bits per heavy atom. The smallest absolute Gasteiger partial charge is 0.211 e. The molecule has 9 aromatic rings. The average Bonchev–Trinajstić information content (AvgIpc) is 3.70. The van der Waals surface area contributed by atoms with Crippen LogP contribution in [0.1, 0.15) is 11.1 Å². The predicted octanol–water partition coefficient (Wildman–Crippen LogP) is 11.5. The molecule has 0 saturated carbocycles. The maximum absolute atomic E-state index is 10.2. The minimum atomic E-state index is 0.538. The first kappa shape index (κ1) is 28.8. The second-order valence-electron chi connectivity index (χ2n) is 12.3. The molecule has 0 amide bonds. The highest BCUT2D eigenvalue weighted by molar-refractivity contribution is 6.14. The van der Waals surface area contributed by atoms with Gasteiger partial charge >= 0.3 is 0 Å². The van der Waals surface area contributed by atoms with Gasteiger partial charge < -0.3 is 9.13 Å². The lowest BCUT2D eigenvalue weighted by molar-refractivity contribution is 1.18. The zero-order valence-electron chi connectivity index (χ0n) is 26.7. The van der Waals surface area contributed by atoms with Crippen LogP contribution in [0.2, 0.25) is 0 Å². The van der Waals surface area contributed by atoms with E-state index < -0.39 is 0 Å². The minimum absolute atomic E-state index is 0.538. The molecule has 0 aliphatic heterocycles. The summed E-state index contributed by atoms with van der Waals surface area (Å²) in [6.07, 6.45) is 0. The van der Waals surface area contributed by atoms with Gasteiger partial charge in [0.25, 0.3) is 0 Å². The Balaban J connectivity index is 1.21. The van der Waals surface area contributed by atoms with E-state index in [1.54, 1.807) is 0 Å². The molecule has 9 rings (SSSR count). The zero-order chi connectivity index (χ0) is 33.8. The molecule has 2 heterocycles. The van der Waals surface area contributed by atoms with Crippen molar-refractivity contribution in [2.24, 2.45) is 0 Å². The average molecular weight is 636 g/mol. The predicted molar refractivity (Wildman–Crippen MR) is 202 cm³/mol. The van der Waals surface area contributed by atoms with Crippen LogP contribution >= 0.6 is 0 Å². The molecule has 0 atom stereocenters. The highest BCUT2D eigenvalue weighted by Gasteiger charge is 2.19. The van der Waals surface area contributed by atoms with E-state index in [4.69, 9.17) is 6.57 Å². The number of nitriles is 2. The highest BCUT2D eigenvalue weighted by Crippen LogP contribution is 2.41. The van der Waals surface area contributed by atoms with Crippen LogP contribution in [0.3, 0.4) is 0 Å². The molecule has 0 radical (unpaired) electrons. The summed E-state index contributed by atoms with van der Waals surface area (Å²) in [6, 6.07) is 55.5. The highest BCUT2D eigenvalue weighted by atomic mass is 15.0. The normalized spacial score (nSPS) is 11.1. The van der Waals surface area contributed by atoms with Gasteiger partial charge in [0.05, 0.1) is 57.6 Å². The molecule has 0 fully saturated rings. The quantitative estimate of drug-likeness (QED) is 0.181. The monoisotopic (exact) mass is 635 g/mol. The molecule has 0 bridgehead atoms. The number of nitrogens with zero attached hydrogens (tertiary/aromatic N) is 5. The maximum atomic E-state index is 10.2. The van der Waals surface area contributed by atoms with Gasteiger partial charge in [-0.05, 0) is 77.2 Å². The van der Waals surface area contributed by atoms with Crippen molar-refractivity contribution in [3.63, 3.8) is 0 Å². The summed E-state index contributed by atoms with van der Waals surface area (Å²) >= 11 is 0. The van der Waals surface area contributed by atoms with Gasteiger partial charge in [0, 0.05) is 33.0 Å². The van der Waals surface area contributed by atoms with Crippen LogP contribution in [0.25, 0.3) is 82.1 Å². The number of para-hydroxylation sites is 4. The molecule has 0 N–H and O–H groups in total. The standard InChI is InChI=1S/C45H25N5/c1-48-40-13-8-12-37-39-25-29(27-46)17-24-44(39)50(45(37)40)41-14-5-2-9-34(41)31-18-19-32(28-47)38(26-31)30-20-22-33(23-21-30)49-42-15-6-3-10-35(42)36-11-4-7-16-43(36)49/h2-26H. The molecule has 0 spiro atoms. The van der Waals surface area contributed by atoms with Gasteiger partial charge in [-0.25, -0.2) is 4.85 Å². The Morgan fingerprint density at radius 1 is 0.500 bits per heavy atom. The number of fused-ring (bicyclic) bond motifs is 6. The summed E-state index contributed by atoms with van der Waals surface area (Å²) in [5, 5.41) is 24.1. The Bertz CT molecular complexity index is 2900. The SMILES string of the molecule is [C-]#[N+]c1cccc2c3cc(C#N)ccc3n(-c3ccccc3-c3ccc(C#N)c(-c4ccc(-n5c6ccccc6c6ccccc65)cc4)c3)c12. The Hall–Kier alpha value is -7.39. The molecular formula is C45H25N5.